The van der Waals surface area contributed by atoms with Crippen LogP contribution in [0.15, 0.2) is 33.6 Å². The molecule has 1 aromatic carbocycles. The lowest BCUT2D eigenvalue weighted by Crippen LogP contribution is -2.27. The van der Waals surface area contributed by atoms with Gasteiger partial charge in [0.2, 0.25) is 10.0 Å². The van der Waals surface area contributed by atoms with E-state index in [1.807, 2.05) is 6.07 Å². The first-order valence-electron chi connectivity index (χ1n) is 4.57. The quantitative estimate of drug-likeness (QED) is 0.854. The molecule has 1 rings (SSSR count). The minimum absolute atomic E-state index is 0.184. The summed E-state index contributed by atoms with van der Waals surface area (Å²) in [6, 6.07) is 8.41. The second kappa shape index (κ2) is 5.43. The Kier molecular flexibility index (Phi) is 4.47. The number of rotatable bonds is 4. The van der Waals surface area contributed by atoms with Gasteiger partial charge in [0.25, 0.3) is 0 Å². The van der Waals surface area contributed by atoms with Crippen molar-refractivity contribution in [2.45, 2.75) is 11.3 Å². The normalized spacial score (nSPS) is 11.4. The predicted molar refractivity (Wildman–Crippen MR) is 64.2 cm³/mol. The Morgan fingerprint density at radius 2 is 2.19 bits per heavy atom. The summed E-state index contributed by atoms with van der Waals surface area (Å²) in [5.41, 5.74) is 0. The molecule has 0 aliphatic rings. The molecule has 0 saturated carbocycles. The largest absolute Gasteiger partial charge is 0.242 e. The number of hydrogen-bond donors (Lipinski definition) is 0. The second-order valence-electron chi connectivity index (χ2n) is 3.19. The van der Waals surface area contributed by atoms with E-state index in [0.29, 0.717) is 4.47 Å². The van der Waals surface area contributed by atoms with Gasteiger partial charge >= 0.3 is 0 Å². The molecule has 0 amide bonds. The zero-order valence-electron chi connectivity index (χ0n) is 8.72. The van der Waals surface area contributed by atoms with E-state index >= 15 is 0 Å². The fourth-order valence-electron chi connectivity index (χ4n) is 1.14. The van der Waals surface area contributed by atoms with Crippen molar-refractivity contribution < 1.29 is 8.42 Å². The van der Waals surface area contributed by atoms with E-state index in [-0.39, 0.29) is 17.9 Å². The third-order valence-corrected chi connectivity index (χ3v) is 4.39. The SMILES string of the molecule is CN(CCC#N)S(=O)(=O)c1cccc(Br)c1. The molecule has 0 aromatic heterocycles. The molecule has 4 nitrogen and oxygen atoms in total. The molecule has 6 heteroatoms. The van der Waals surface area contributed by atoms with Crippen LogP contribution in [-0.2, 0) is 10.0 Å². The first kappa shape index (κ1) is 13.2. The van der Waals surface area contributed by atoms with Crippen molar-refractivity contribution in [1.82, 2.24) is 4.31 Å². The van der Waals surface area contributed by atoms with Gasteiger partial charge in [0.05, 0.1) is 11.0 Å². The summed E-state index contributed by atoms with van der Waals surface area (Å²) in [6.45, 7) is 0.200. The van der Waals surface area contributed by atoms with Gasteiger partial charge in [0, 0.05) is 24.5 Å². The highest BCUT2D eigenvalue weighted by Crippen LogP contribution is 2.19. The smallest absolute Gasteiger partial charge is 0.207 e. The molecule has 0 spiro atoms. The van der Waals surface area contributed by atoms with Crippen LogP contribution in [0.4, 0.5) is 0 Å². The molecule has 0 bridgehead atoms. The molecular weight excluding hydrogens is 292 g/mol. The van der Waals surface area contributed by atoms with Crippen LogP contribution in [0.3, 0.4) is 0 Å². The zero-order chi connectivity index (χ0) is 12.2. The van der Waals surface area contributed by atoms with Crippen molar-refractivity contribution in [1.29, 1.82) is 5.26 Å². The first-order chi connectivity index (χ1) is 7.48. The van der Waals surface area contributed by atoms with Gasteiger partial charge < -0.3 is 0 Å². The third-order valence-electron chi connectivity index (χ3n) is 2.04. The van der Waals surface area contributed by atoms with Crippen molar-refractivity contribution in [3.8, 4) is 6.07 Å². The lowest BCUT2D eigenvalue weighted by molar-refractivity contribution is 0.476. The van der Waals surface area contributed by atoms with Crippen LogP contribution in [0, 0.1) is 11.3 Å². The summed E-state index contributed by atoms with van der Waals surface area (Å²) < 4.78 is 25.9. The van der Waals surface area contributed by atoms with E-state index in [1.165, 1.54) is 23.5 Å². The van der Waals surface area contributed by atoms with Crippen LogP contribution in [0.1, 0.15) is 6.42 Å². The number of hydrogen-bond acceptors (Lipinski definition) is 3. The average Bonchev–Trinajstić information content (AvgIpc) is 2.25. The van der Waals surface area contributed by atoms with Gasteiger partial charge in [-0.1, -0.05) is 22.0 Å². The lowest BCUT2D eigenvalue weighted by Gasteiger charge is -2.15. The van der Waals surface area contributed by atoms with Gasteiger partial charge in [-0.15, -0.1) is 0 Å². The Morgan fingerprint density at radius 1 is 1.50 bits per heavy atom. The Morgan fingerprint density at radius 3 is 2.75 bits per heavy atom. The Hall–Kier alpha value is -0.900. The summed E-state index contributed by atoms with van der Waals surface area (Å²) >= 11 is 3.22. The minimum Gasteiger partial charge on any atom is -0.207 e. The van der Waals surface area contributed by atoms with Gasteiger partial charge in [0.1, 0.15) is 0 Å². The topological polar surface area (TPSA) is 61.2 Å². The van der Waals surface area contributed by atoms with Crippen molar-refractivity contribution >= 4 is 26.0 Å². The third kappa shape index (κ3) is 3.04. The highest BCUT2D eigenvalue weighted by molar-refractivity contribution is 9.10. The van der Waals surface area contributed by atoms with E-state index in [9.17, 15) is 8.42 Å². The van der Waals surface area contributed by atoms with Crippen LogP contribution in [0.25, 0.3) is 0 Å². The van der Waals surface area contributed by atoms with Crippen molar-refractivity contribution in [2.75, 3.05) is 13.6 Å². The molecule has 0 N–H and O–H groups in total. The highest BCUT2D eigenvalue weighted by Gasteiger charge is 2.20. The number of benzene rings is 1. The van der Waals surface area contributed by atoms with Gasteiger partial charge in [-0.05, 0) is 18.2 Å². The van der Waals surface area contributed by atoms with Crippen LogP contribution in [0.5, 0.6) is 0 Å². The van der Waals surface area contributed by atoms with E-state index in [0.717, 1.165) is 0 Å². The molecule has 0 atom stereocenters. The van der Waals surface area contributed by atoms with E-state index in [2.05, 4.69) is 15.9 Å². The Labute approximate surface area is 104 Å². The molecule has 86 valence electrons. The maximum Gasteiger partial charge on any atom is 0.242 e. The molecule has 0 aliphatic carbocycles. The average molecular weight is 303 g/mol. The first-order valence-corrected chi connectivity index (χ1v) is 6.80. The standard InChI is InChI=1S/C10H11BrN2O2S/c1-13(7-3-6-12)16(14,15)10-5-2-4-9(11)8-10/h2,4-5,8H,3,7H2,1H3. The van der Waals surface area contributed by atoms with Crippen LogP contribution >= 0.6 is 15.9 Å². The summed E-state index contributed by atoms with van der Waals surface area (Å²) in [5.74, 6) is 0. The number of nitriles is 1. The van der Waals surface area contributed by atoms with E-state index in [4.69, 9.17) is 5.26 Å². The summed E-state index contributed by atoms with van der Waals surface area (Å²) in [6.07, 6.45) is 0.184. The molecule has 1 aromatic rings. The van der Waals surface area contributed by atoms with Gasteiger partial charge in [0.15, 0.2) is 0 Å². The molecule has 0 saturated heterocycles. The molecule has 0 radical (unpaired) electrons. The molecule has 0 fully saturated rings. The summed E-state index contributed by atoms with van der Waals surface area (Å²) in [7, 11) is -2.02. The van der Waals surface area contributed by atoms with E-state index < -0.39 is 10.0 Å². The number of nitrogens with zero attached hydrogens (tertiary/aromatic N) is 2. The Balaban J connectivity index is 2.98. The summed E-state index contributed by atoms with van der Waals surface area (Å²) in [5, 5.41) is 8.42. The fraction of sp³-hybridized carbons (Fsp3) is 0.300. The highest BCUT2D eigenvalue weighted by atomic mass is 79.9. The van der Waals surface area contributed by atoms with Gasteiger partial charge in [-0.25, -0.2) is 8.42 Å². The van der Waals surface area contributed by atoms with Crippen molar-refractivity contribution in [3.05, 3.63) is 28.7 Å². The fourth-order valence-corrected chi connectivity index (χ4v) is 2.90. The van der Waals surface area contributed by atoms with Crippen molar-refractivity contribution in [3.63, 3.8) is 0 Å². The molecule has 0 heterocycles. The van der Waals surface area contributed by atoms with Crippen molar-refractivity contribution in [2.24, 2.45) is 0 Å². The lowest BCUT2D eigenvalue weighted by atomic mass is 10.4. The predicted octanol–water partition coefficient (Wildman–Crippen LogP) is 1.98. The maximum atomic E-state index is 12.0. The molecular formula is C10H11BrN2O2S. The van der Waals surface area contributed by atoms with Gasteiger partial charge in [-0.3, -0.25) is 0 Å². The molecule has 16 heavy (non-hydrogen) atoms. The monoisotopic (exact) mass is 302 g/mol. The van der Waals surface area contributed by atoms with Crippen LogP contribution in [-0.4, -0.2) is 26.3 Å². The minimum atomic E-state index is -3.48. The second-order valence-corrected chi connectivity index (χ2v) is 6.15. The molecule has 0 unspecified atom stereocenters. The molecule has 0 aliphatic heterocycles. The maximum absolute atomic E-state index is 12.0. The van der Waals surface area contributed by atoms with E-state index in [1.54, 1.807) is 12.1 Å². The van der Waals surface area contributed by atoms with Crippen LogP contribution < -0.4 is 0 Å². The number of halogens is 1. The van der Waals surface area contributed by atoms with Crippen LogP contribution in [0.2, 0.25) is 0 Å². The zero-order valence-corrected chi connectivity index (χ0v) is 11.1. The van der Waals surface area contributed by atoms with Gasteiger partial charge in [-0.2, -0.15) is 9.57 Å². The summed E-state index contributed by atoms with van der Waals surface area (Å²) in [4.78, 5) is 0.224. The number of sulfonamides is 1. The Bertz CT molecular complexity index is 508.